The zero-order valence-corrected chi connectivity index (χ0v) is 14.2. The predicted octanol–water partition coefficient (Wildman–Crippen LogP) is 2.10. The van der Waals surface area contributed by atoms with Crippen LogP contribution in [0.15, 0.2) is 18.2 Å². The number of ether oxygens (including phenoxy) is 2. The Labute approximate surface area is 138 Å². The van der Waals surface area contributed by atoms with E-state index in [1.165, 1.54) is 0 Å². The molecule has 1 aliphatic heterocycles. The summed E-state index contributed by atoms with van der Waals surface area (Å²) >= 11 is 0. The summed E-state index contributed by atoms with van der Waals surface area (Å²) in [4.78, 5) is 12.1. The highest BCUT2D eigenvalue weighted by Crippen LogP contribution is 2.28. The van der Waals surface area contributed by atoms with Crippen molar-refractivity contribution >= 4 is 18.3 Å². The average Bonchev–Trinajstić information content (AvgIpc) is 2.43. The Bertz CT molecular complexity index is 490. The number of hydrogen-bond acceptors (Lipinski definition) is 4. The Hall–Kier alpha value is -1.46. The number of carbonyl (C=O) groups excluding carboxylic acids is 1. The Morgan fingerprint density at radius 3 is 2.64 bits per heavy atom. The van der Waals surface area contributed by atoms with Crippen molar-refractivity contribution in [3.05, 3.63) is 23.8 Å². The molecule has 1 saturated heterocycles. The van der Waals surface area contributed by atoms with Crippen molar-refractivity contribution < 1.29 is 14.3 Å². The van der Waals surface area contributed by atoms with E-state index in [4.69, 9.17) is 9.47 Å². The van der Waals surface area contributed by atoms with Crippen LogP contribution in [0.2, 0.25) is 0 Å². The molecule has 0 spiro atoms. The lowest BCUT2D eigenvalue weighted by Gasteiger charge is -2.27. The third kappa shape index (κ3) is 5.07. The second-order valence-electron chi connectivity index (χ2n) is 5.80. The van der Waals surface area contributed by atoms with Gasteiger partial charge >= 0.3 is 0 Å². The van der Waals surface area contributed by atoms with Crippen molar-refractivity contribution in [3.63, 3.8) is 0 Å². The first-order valence-corrected chi connectivity index (χ1v) is 7.40. The first kappa shape index (κ1) is 18.6. The molecule has 1 amide bonds. The van der Waals surface area contributed by atoms with Crippen LogP contribution in [-0.2, 0) is 0 Å². The van der Waals surface area contributed by atoms with E-state index in [1.54, 1.807) is 25.3 Å². The van der Waals surface area contributed by atoms with Gasteiger partial charge in [-0.1, -0.05) is 13.8 Å². The molecule has 0 radical (unpaired) electrons. The molecule has 1 aromatic carbocycles. The van der Waals surface area contributed by atoms with Crippen LogP contribution in [0.3, 0.4) is 0 Å². The Morgan fingerprint density at radius 2 is 2.09 bits per heavy atom. The van der Waals surface area contributed by atoms with Gasteiger partial charge < -0.3 is 20.1 Å². The lowest BCUT2D eigenvalue weighted by molar-refractivity contribution is 0.0941. The van der Waals surface area contributed by atoms with Crippen molar-refractivity contribution in [1.82, 2.24) is 10.6 Å². The summed E-state index contributed by atoms with van der Waals surface area (Å²) in [6.07, 6.45) is 0. The zero-order chi connectivity index (χ0) is 15.2. The maximum atomic E-state index is 12.1. The molecule has 1 heterocycles. The highest BCUT2D eigenvalue weighted by atomic mass is 35.5. The second kappa shape index (κ2) is 8.86. The van der Waals surface area contributed by atoms with Gasteiger partial charge in [-0.2, -0.15) is 0 Å². The fourth-order valence-corrected chi connectivity index (χ4v) is 2.02. The normalized spacial score (nSPS) is 14.0. The number of carbonyl (C=O) groups is 1. The number of benzene rings is 1. The van der Waals surface area contributed by atoms with E-state index in [-0.39, 0.29) is 18.3 Å². The molecule has 0 aromatic heterocycles. The third-order valence-electron chi connectivity index (χ3n) is 3.42. The maximum Gasteiger partial charge on any atom is 0.251 e. The lowest BCUT2D eigenvalue weighted by Crippen LogP contribution is -2.48. The van der Waals surface area contributed by atoms with Crippen LogP contribution in [0.4, 0.5) is 0 Å². The first-order chi connectivity index (χ1) is 10.1. The van der Waals surface area contributed by atoms with Crippen LogP contribution >= 0.6 is 12.4 Å². The molecule has 1 aliphatic rings. The summed E-state index contributed by atoms with van der Waals surface area (Å²) in [5.41, 5.74) is 0.594. The van der Waals surface area contributed by atoms with E-state index >= 15 is 0 Å². The van der Waals surface area contributed by atoms with Gasteiger partial charge in [0.25, 0.3) is 5.91 Å². The highest BCUT2D eigenvalue weighted by Gasteiger charge is 2.18. The topological polar surface area (TPSA) is 59.6 Å². The van der Waals surface area contributed by atoms with Gasteiger partial charge in [-0.25, -0.2) is 0 Å². The molecule has 1 fully saturated rings. The number of amides is 1. The van der Waals surface area contributed by atoms with Crippen LogP contribution in [-0.4, -0.2) is 39.3 Å². The molecule has 2 rings (SSSR count). The number of hydrogen-bond donors (Lipinski definition) is 2. The van der Waals surface area contributed by atoms with Crippen LogP contribution in [0.1, 0.15) is 24.2 Å². The first-order valence-electron chi connectivity index (χ1n) is 7.40. The van der Waals surface area contributed by atoms with E-state index in [2.05, 4.69) is 24.5 Å². The highest BCUT2D eigenvalue weighted by molar-refractivity contribution is 5.94. The molecule has 0 atom stereocenters. The van der Waals surface area contributed by atoms with Gasteiger partial charge in [0.1, 0.15) is 0 Å². The lowest BCUT2D eigenvalue weighted by atomic mass is 10.0. The SMILES string of the molecule is COc1cc(C(=O)NCC2CNC2)ccc1OCC(C)C.Cl. The fourth-order valence-electron chi connectivity index (χ4n) is 2.02. The van der Waals surface area contributed by atoms with Crippen LogP contribution in [0, 0.1) is 11.8 Å². The zero-order valence-electron chi connectivity index (χ0n) is 13.3. The largest absolute Gasteiger partial charge is 0.493 e. The maximum absolute atomic E-state index is 12.1. The molecule has 2 N–H and O–H groups in total. The summed E-state index contributed by atoms with van der Waals surface area (Å²) in [6, 6.07) is 5.29. The standard InChI is InChI=1S/C16H24N2O3.ClH/c1-11(2)10-21-14-5-4-13(6-15(14)20-3)16(19)18-9-12-7-17-8-12;/h4-6,11-12,17H,7-10H2,1-3H3,(H,18,19);1H. The Kier molecular flexibility index (Phi) is 7.48. The van der Waals surface area contributed by atoms with Gasteiger partial charge in [-0.15, -0.1) is 12.4 Å². The summed E-state index contributed by atoms with van der Waals surface area (Å²) in [7, 11) is 1.58. The predicted molar refractivity (Wildman–Crippen MR) is 89.3 cm³/mol. The summed E-state index contributed by atoms with van der Waals surface area (Å²) < 4.78 is 11.0. The van der Waals surface area contributed by atoms with E-state index in [0.29, 0.717) is 42.0 Å². The van der Waals surface area contributed by atoms with Crippen LogP contribution in [0.5, 0.6) is 11.5 Å². The molecule has 0 bridgehead atoms. The number of halogens is 1. The van der Waals surface area contributed by atoms with E-state index in [0.717, 1.165) is 13.1 Å². The molecule has 6 heteroatoms. The van der Waals surface area contributed by atoms with Gasteiger partial charge in [0, 0.05) is 31.1 Å². The molecule has 1 aromatic rings. The number of rotatable bonds is 7. The van der Waals surface area contributed by atoms with E-state index in [1.807, 2.05) is 0 Å². The fraction of sp³-hybridized carbons (Fsp3) is 0.562. The van der Waals surface area contributed by atoms with Crippen molar-refractivity contribution in [3.8, 4) is 11.5 Å². The van der Waals surface area contributed by atoms with E-state index < -0.39 is 0 Å². The summed E-state index contributed by atoms with van der Waals surface area (Å²) in [5, 5.41) is 6.13. The van der Waals surface area contributed by atoms with Crippen LogP contribution in [0.25, 0.3) is 0 Å². The number of nitrogens with one attached hydrogen (secondary N) is 2. The third-order valence-corrected chi connectivity index (χ3v) is 3.42. The molecule has 0 aliphatic carbocycles. The molecular weight excluding hydrogens is 304 g/mol. The Morgan fingerprint density at radius 1 is 1.36 bits per heavy atom. The summed E-state index contributed by atoms with van der Waals surface area (Å²) in [5.74, 6) is 2.17. The molecule has 5 nitrogen and oxygen atoms in total. The minimum atomic E-state index is -0.0735. The molecular formula is C16H25ClN2O3. The minimum absolute atomic E-state index is 0. The molecule has 124 valence electrons. The van der Waals surface area contributed by atoms with Gasteiger partial charge in [0.2, 0.25) is 0 Å². The molecule has 0 unspecified atom stereocenters. The van der Waals surface area contributed by atoms with Crippen molar-refractivity contribution in [2.75, 3.05) is 33.4 Å². The summed E-state index contributed by atoms with van der Waals surface area (Å²) in [6.45, 7) is 7.46. The van der Waals surface area contributed by atoms with Gasteiger partial charge in [-0.3, -0.25) is 4.79 Å². The quantitative estimate of drug-likeness (QED) is 0.804. The van der Waals surface area contributed by atoms with E-state index in [9.17, 15) is 4.79 Å². The molecule has 0 saturated carbocycles. The smallest absolute Gasteiger partial charge is 0.251 e. The average molecular weight is 329 g/mol. The number of methoxy groups -OCH3 is 1. The minimum Gasteiger partial charge on any atom is -0.493 e. The van der Waals surface area contributed by atoms with Crippen molar-refractivity contribution in [2.45, 2.75) is 13.8 Å². The van der Waals surface area contributed by atoms with Gasteiger partial charge in [0.05, 0.1) is 13.7 Å². The van der Waals surface area contributed by atoms with Crippen molar-refractivity contribution in [2.24, 2.45) is 11.8 Å². The monoisotopic (exact) mass is 328 g/mol. The molecule has 22 heavy (non-hydrogen) atoms. The van der Waals surface area contributed by atoms with Crippen molar-refractivity contribution in [1.29, 1.82) is 0 Å². The second-order valence-corrected chi connectivity index (χ2v) is 5.80. The van der Waals surface area contributed by atoms with Gasteiger partial charge in [-0.05, 0) is 24.1 Å². The van der Waals surface area contributed by atoms with Gasteiger partial charge in [0.15, 0.2) is 11.5 Å². The van der Waals surface area contributed by atoms with Crippen LogP contribution < -0.4 is 20.1 Å². The Balaban J connectivity index is 0.00000242.